The van der Waals surface area contributed by atoms with E-state index >= 15 is 0 Å². The summed E-state index contributed by atoms with van der Waals surface area (Å²) < 4.78 is 1.78. The fourth-order valence-corrected chi connectivity index (χ4v) is 2.75. The van der Waals surface area contributed by atoms with Crippen molar-refractivity contribution in [3.05, 3.63) is 12.2 Å². The Morgan fingerprint density at radius 2 is 2.15 bits per heavy atom. The van der Waals surface area contributed by atoms with Crippen molar-refractivity contribution >= 4 is 5.78 Å². The molecule has 1 fully saturated rings. The zero-order valence-electron chi connectivity index (χ0n) is 12.7. The van der Waals surface area contributed by atoms with Gasteiger partial charge in [-0.1, -0.05) is 20.8 Å². The summed E-state index contributed by atoms with van der Waals surface area (Å²) in [5.41, 5.74) is -1.15. The number of hydrogen-bond acceptors (Lipinski definition) is 4. The van der Waals surface area contributed by atoms with Crippen LogP contribution in [0.2, 0.25) is 0 Å². The first kappa shape index (κ1) is 15.2. The highest BCUT2D eigenvalue weighted by atomic mass is 16.3. The maximum absolute atomic E-state index is 12.4. The number of rotatable bonds is 5. The summed E-state index contributed by atoms with van der Waals surface area (Å²) in [7, 11) is 0. The molecule has 5 heteroatoms. The lowest BCUT2D eigenvalue weighted by Crippen LogP contribution is -2.43. The van der Waals surface area contributed by atoms with E-state index in [1.807, 2.05) is 0 Å². The van der Waals surface area contributed by atoms with Crippen LogP contribution < -0.4 is 0 Å². The summed E-state index contributed by atoms with van der Waals surface area (Å²) in [5.74, 6) is 1.61. The summed E-state index contributed by atoms with van der Waals surface area (Å²) in [6.07, 6.45) is 4.65. The van der Waals surface area contributed by atoms with Gasteiger partial charge in [0.1, 0.15) is 17.8 Å². The Balaban J connectivity index is 2.02. The SMILES string of the molecule is CC(C)Cn1ncnc1CC(=O)C1(O)CCC(C)CC1. The fraction of sp³-hybridized carbons (Fsp3) is 0.800. The Morgan fingerprint density at radius 1 is 1.50 bits per heavy atom. The number of aromatic nitrogens is 3. The van der Waals surface area contributed by atoms with E-state index in [1.54, 1.807) is 4.68 Å². The summed E-state index contributed by atoms with van der Waals surface area (Å²) in [6.45, 7) is 7.12. The first-order valence-corrected chi connectivity index (χ1v) is 7.53. The zero-order valence-corrected chi connectivity index (χ0v) is 12.7. The normalized spacial score (nSPS) is 26.9. The Labute approximate surface area is 120 Å². The van der Waals surface area contributed by atoms with E-state index in [9.17, 15) is 9.90 Å². The summed E-state index contributed by atoms with van der Waals surface area (Å²) >= 11 is 0. The smallest absolute Gasteiger partial charge is 0.171 e. The average Bonchev–Trinajstić information content (AvgIpc) is 2.80. The van der Waals surface area contributed by atoms with Gasteiger partial charge < -0.3 is 5.11 Å². The molecular formula is C15H25N3O2. The van der Waals surface area contributed by atoms with Gasteiger partial charge in [-0.05, 0) is 37.5 Å². The van der Waals surface area contributed by atoms with Crippen LogP contribution in [0.15, 0.2) is 6.33 Å². The molecular weight excluding hydrogens is 254 g/mol. The number of aliphatic hydroxyl groups is 1. The van der Waals surface area contributed by atoms with E-state index < -0.39 is 5.60 Å². The third-order valence-electron chi connectivity index (χ3n) is 4.17. The molecule has 1 saturated carbocycles. The molecule has 1 aromatic heterocycles. The largest absolute Gasteiger partial charge is 0.382 e. The molecule has 20 heavy (non-hydrogen) atoms. The van der Waals surface area contributed by atoms with E-state index in [4.69, 9.17) is 0 Å². The van der Waals surface area contributed by atoms with Gasteiger partial charge in [-0.3, -0.25) is 4.79 Å². The van der Waals surface area contributed by atoms with Gasteiger partial charge in [0.25, 0.3) is 0 Å². The van der Waals surface area contributed by atoms with Crippen molar-refractivity contribution in [2.24, 2.45) is 11.8 Å². The second-order valence-electron chi connectivity index (χ2n) is 6.57. The molecule has 0 unspecified atom stereocenters. The van der Waals surface area contributed by atoms with Crippen molar-refractivity contribution in [1.82, 2.24) is 14.8 Å². The lowest BCUT2D eigenvalue weighted by Gasteiger charge is -2.33. The molecule has 0 bridgehead atoms. The van der Waals surface area contributed by atoms with Crippen LogP contribution in [0.3, 0.4) is 0 Å². The van der Waals surface area contributed by atoms with Crippen LogP contribution in [0.5, 0.6) is 0 Å². The third-order valence-corrected chi connectivity index (χ3v) is 4.17. The van der Waals surface area contributed by atoms with Gasteiger partial charge in [-0.15, -0.1) is 0 Å². The van der Waals surface area contributed by atoms with Crippen LogP contribution in [0.4, 0.5) is 0 Å². The average molecular weight is 279 g/mol. The Hall–Kier alpha value is -1.23. The number of carbonyl (C=O) groups excluding carboxylic acids is 1. The lowest BCUT2D eigenvalue weighted by atomic mass is 9.76. The van der Waals surface area contributed by atoms with Crippen LogP contribution >= 0.6 is 0 Å². The van der Waals surface area contributed by atoms with Gasteiger partial charge in [-0.2, -0.15) is 5.10 Å². The van der Waals surface area contributed by atoms with Gasteiger partial charge in [0, 0.05) is 6.54 Å². The van der Waals surface area contributed by atoms with Gasteiger partial charge in [0.15, 0.2) is 5.78 Å². The van der Waals surface area contributed by atoms with Gasteiger partial charge in [0.2, 0.25) is 0 Å². The zero-order chi connectivity index (χ0) is 14.8. The molecule has 0 saturated heterocycles. The quantitative estimate of drug-likeness (QED) is 0.895. The van der Waals surface area contributed by atoms with Crippen LogP contribution in [0, 0.1) is 11.8 Å². The molecule has 1 aliphatic rings. The number of ketones is 1. The van der Waals surface area contributed by atoms with Crippen molar-refractivity contribution in [1.29, 1.82) is 0 Å². The number of hydrogen-bond donors (Lipinski definition) is 1. The number of Topliss-reactive ketones (excluding diaryl/α,β-unsaturated/α-hetero) is 1. The molecule has 0 spiro atoms. The van der Waals surface area contributed by atoms with Crippen molar-refractivity contribution in [2.45, 2.75) is 65.0 Å². The first-order valence-electron chi connectivity index (χ1n) is 7.53. The molecule has 0 atom stereocenters. The Bertz CT molecular complexity index is 459. The van der Waals surface area contributed by atoms with Crippen LogP contribution in [-0.2, 0) is 17.8 Å². The van der Waals surface area contributed by atoms with Gasteiger partial charge >= 0.3 is 0 Å². The van der Waals surface area contributed by atoms with Crippen molar-refractivity contribution in [3.63, 3.8) is 0 Å². The van der Waals surface area contributed by atoms with Gasteiger partial charge in [0.05, 0.1) is 6.42 Å². The topological polar surface area (TPSA) is 68.0 Å². The van der Waals surface area contributed by atoms with E-state index in [1.165, 1.54) is 6.33 Å². The van der Waals surface area contributed by atoms with Crippen molar-refractivity contribution in [2.75, 3.05) is 0 Å². The molecule has 1 aliphatic carbocycles. The maximum atomic E-state index is 12.4. The minimum Gasteiger partial charge on any atom is -0.382 e. The fourth-order valence-electron chi connectivity index (χ4n) is 2.75. The second-order valence-corrected chi connectivity index (χ2v) is 6.57. The molecule has 0 amide bonds. The molecule has 112 valence electrons. The number of carbonyl (C=O) groups is 1. The maximum Gasteiger partial charge on any atom is 0.171 e. The summed E-state index contributed by atoms with van der Waals surface area (Å²) in [4.78, 5) is 16.6. The molecule has 0 aliphatic heterocycles. The highest BCUT2D eigenvalue weighted by molar-refractivity contribution is 5.88. The van der Waals surface area contributed by atoms with Crippen LogP contribution in [0.25, 0.3) is 0 Å². The molecule has 5 nitrogen and oxygen atoms in total. The van der Waals surface area contributed by atoms with Crippen LogP contribution in [-0.4, -0.2) is 31.3 Å². The monoisotopic (exact) mass is 279 g/mol. The molecule has 1 heterocycles. The van der Waals surface area contributed by atoms with Crippen molar-refractivity contribution < 1.29 is 9.90 Å². The Morgan fingerprint density at radius 3 is 2.75 bits per heavy atom. The molecule has 2 rings (SSSR count). The van der Waals surface area contributed by atoms with Crippen molar-refractivity contribution in [3.8, 4) is 0 Å². The van der Waals surface area contributed by atoms with Gasteiger partial charge in [-0.25, -0.2) is 9.67 Å². The second kappa shape index (κ2) is 6.04. The number of nitrogens with zero attached hydrogens (tertiary/aromatic N) is 3. The van der Waals surface area contributed by atoms with E-state index in [-0.39, 0.29) is 12.2 Å². The highest BCUT2D eigenvalue weighted by Crippen LogP contribution is 2.33. The lowest BCUT2D eigenvalue weighted by molar-refractivity contribution is -0.140. The standard InChI is InChI=1S/C15H25N3O2/c1-11(2)9-18-14(16-10-17-18)8-13(19)15(20)6-4-12(3)5-7-15/h10-12,20H,4-9H2,1-3H3. The van der Waals surface area contributed by atoms with E-state index in [0.29, 0.717) is 30.5 Å². The predicted molar refractivity (Wildman–Crippen MR) is 76.2 cm³/mol. The van der Waals surface area contributed by atoms with Crippen LogP contribution in [0.1, 0.15) is 52.3 Å². The molecule has 0 aromatic carbocycles. The minimum absolute atomic E-state index is 0.109. The minimum atomic E-state index is -1.15. The third kappa shape index (κ3) is 3.45. The molecule has 1 N–H and O–H groups in total. The summed E-state index contributed by atoms with van der Waals surface area (Å²) in [6, 6.07) is 0. The predicted octanol–water partition coefficient (Wildman–Crippen LogP) is 1.99. The van der Waals surface area contributed by atoms with E-state index in [2.05, 4.69) is 30.9 Å². The Kier molecular flexibility index (Phi) is 4.58. The highest BCUT2D eigenvalue weighted by Gasteiger charge is 2.38. The molecule has 1 aromatic rings. The first-order chi connectivity index (χ1) is 9.40. The van der Waals surface area contributed by atoms with E-state index in [0.717, 1.165) is 19.4 Å². The molecule has 0 radical (unpaired) electrons. The summed E-state index contributed by atoms with van der Waals surface area (Å²) in [5, 5.41) is 14.7.